The van der Waals surface area contributed by atoms with Crippen molar-refractivity contribution in [2.75, 3.05) is 37.6 Å². The molecule has 1 atom stereocenters. The minimum atomic E-state index is -3.25. The summed E-state index contributed by atoms with van der Waals surface area (Å²) >= 11 is 0. The highest BCUT2D eigenvalue weighted by Crippen LogP contribution is 2.24. The Labute approximate surface area is 127 Å². The number of nitrogens with zero attached hydrogens (tertiary/aromatic N) is 2. The van der Waals surface area contributed by atoms with Crippen LogP contribution < -0.4 is 10.6 Å². The Kier molecular flexibility index (Phi) is 4.91. The van der Waals surface area contributed by atoms with Crippen LogP contribution >= 0.6 is 0 Å². The first kappa shape index (κ1) is 16.3. The van der Waals surface area contributed by atoms with Crippen LogP contribution in [0.25, 0.3) is 0 Å². The number of piperazine rings is 1. The van der Waals surface area contributed by atoms with Gasteiger partial charge in [0.25, 0.3) is 0 Å². The van der Waals surface area contributed by atoms with Gasteiger partial charge in [0.15, 0.2) is 0 Å². The van der Waals surface area contributed by atoms with Gasteiger partial charge in [-0.3, -0.25) is 0 Å². The van der Waals surface area contributed by atoms with Crippen LogP contribution in [0.5, 0.6) is 0 Å². The molecule has 0 amide bonds. The van der Waals surface area contributed by atoms with Gasteiger partial charge in [-0.2, -0.15) is 4.31 Å². The summed E-state index contributed by atoms with van der Waals surface area (Å²) in [6.07, 6.45) is 0. The van der Waals surface area contributed by atoms with Gasteiger partial charge in [0, 0.05) is 38.4 Å². The van der Waals surface area contributed by atoms with E-state index in [4.69, 9.17) is 5.73 Å². The molecular formula is C15H25N3O2S. The lowest BCUT2D eigenvalue weighted by Crippen LogP contribution is -2.51. The summed E-state index contributed by atoms with van der Waals surface area (Å²) < 4.78 is 26.2. The first-order chi connectivity index (χ1) is 9.87. The van der Waals surface area contributed by atoms with Crippen molar-refractivity contribution in [3.63, 3.8) is 0 Å². The molecule has 0 saturated carbocycles. The molecule has 1 saturated heterocycles. The van der Waals surface area contributed by atoms with Gasteiger partial charge in [0.05, 0.1) is 5.25 Å². The molecule has 1 aromatic carbocycles. The number of nitrogens with two attached hydrogens (primary N) is 1. The van der Waals surface area contributed by atoms with Crippen molar-refractivity contribution in [2.45, 2.75) is 26.0 Å². The van der Waals surface area contributed by atoms with Crippen LogP contribution in [0.1, 0.15) is 18.1 Å². The minimum Gasteiger partial charge on any atom is -0.369 e. The molecule has 2 N–H and O–H groups in total. The van der Waals surface area contributed by atoms with E-state index in [0.717, 1.165) is 13.1 Å². The number of aryl methyl sites for hydroxylation is 1. The topological polar surface area (TPSA) is 66.6 Å². The van der Waals surface area contributed by atoms with Crippen molar-refractivity contribution in [2.24, 2.45) is 5.73 Å². The summed E-state index contributed by atoms with van der Waals surface area (Å²) in [5.74, 6) is 0. The fourth-order valence-corrected chi connectivity index (χ4v) is 4.06. The number of hydrogen-bond acceptors (Lipinski definition) is 4. The van der Waals surface area contributed by atoms with Crippen molar-refractivity contribution >= 4 is 15.7 Å². The molecule has 1 unspecified atom stereocenters. The number of hydrogen-bond donors (Lipinski definition) is 1. The zero-order valence-electron chi connectivity index (χ0n) is 13.0. The van der Waals surface area contributed by atoms with Gasteiger partial charge in [0.1, 0.15) is 0 Å². The monoisotopic (exact) mass is 311 g/mol. The van der Waals surface area contributed by atoms with Crippen molar-refractivity contribution in [1.29, 1.82) is 0 Å². The summed E-state index contributed by atoms with van der Waals surface area (Å²) in [6, 6.07) is 6.26. The maximum absolute atomic E-state index is 12.3. The Morgan fingerprint density at radius 1 is 1.19 bits per heavy atom. The Balaban J connectivity index is 2.09. The summed E-state index contributed by atoms with van der Waals surface area (Å²) in [6.45, 7) is 8.56. The van der Waals surface area contributed by atoms with E-state index in [0.29, 0.717) is 13.1 Å². The Bertz CT molecular complexity index is 593. The van der Waals surface area contributed by atoms with Crippen LogP contribution in [0.2, 0.25) is 0 Å². The van der Waals surface area contributed by atoms with E-state index in [2.05, 4.69) is 36.9 Å². The molecule has 1 aliphatic heterocycles. The predicted octanol–water partition coefficient (Wildman–Crippen LogP) is 1.10. The molecule has 2 rings (SSSR count). The van der Waals surface area contributed by atoms with Gasteiger partial charge in [-0.1, -0.05) is 12.1 Å². The second kappa shape index (κ2) is 6.34. The van der Waals surface area contributed by atoms with Crippen LogP contribution in [-0.2, 0) is 10.0 Å². The van der Waals surface area contributed by atoms with Crippen molar-refractivity contribution in [3.05, 3.63) is 29.3 Å². The number of rotatable bonds is 4. The van der Waals surface area contributed by atoms with E-state index >= 15 is 0 Å². The number of anilines is 1. The summed E-state index contributed by atoms with van der Waals surface area (Å²) in [7, 11) is -3.25. The molecule has 6 heteroatoms. The van der Waals surface area contributed by atoms with Crippen LogP contribution in [0.4, 0.5) is 5.69 Å². The summed E-state index contributed by atoms with van der Waals surface area (Å²) in [4.78, 5) is 2.27. The maximum atomic E-state index is 12.3. The highest BCUT2D eigenvalue weighted by Gasteiger charge is 2.31. The van der Waals surface area contributed by atoms with Crippen molar-refractivity contribution < 1.29 is 8.42 Å². The van der Waals surface area contributed by atoms with Crippen LogP contribution in [0.3, 0.4) is 0 Å². The fraction of sp³-hybridized carbons (Fsp3) is 0.600. The molecule has 1 fully saturated rings. The third-order valence-electron chi connectivity index (χ3n) is 4.36. The SMILES string of the molecule is Cc1cccc(N2CCN(S(=O)(=O)C(C)CN)CC2)c1C. The standard InChI is InChI=1S/C15H25N3O2S/c1-12-5-4-6-15(14(12)3)17-7-9-18(10-8-17)21(19,20)13(2)11-16/h4-6,13H,7-11,16H2,1-3H3. The zero-order valence-corrected chi connectivity index (χ0v) is 13.9. The molecule has 0 spiro atoms. The third kappa shape index (κ3) is 3.22. The van der Waals surface area contributed by atoms with E-state index in [1.165, 1.54) is 16.8 Å². The molecule has 0 radical (unpaired) electrons. The van der Waals surface area contributed by atoms with Crippen LogP contribution in [-0.4, -0.2) is 50.7 Å². The molecule has 118 valence electrons. The Morgan fingerprint density at radius 3 is 2.38 bits per heavy atom. The van der Waals surface area contributed by atoms with Gasteiger partial charge < -0.3 is 10.6 Å². The lowest BCUT2D eigenvalue weighted by Gasteiger charge is -2.37. The van der Waals surface area contributed by atoms with E-state index < -0.39 is 15.3 Å². The van der Waals surface area contributed by atoms with Crippen LogP contribution in [0.15, 0.2) is 18.2 Å². The average Bonchev–Trinajstić information content (AvgIpc) is 2.49. The second-order valence-electron chi connectivity index (χ2n) is 5.70. The highest BCUT2D eigenvalue weighted by molar-refractivity contribution is 7.89. The lowest BCUT2D eigenvalue weighted by atomic mass is 10.1. The van der Waals surface area contributed by atoms with Crippen molar-refractivity contribution in [3.8, 4) is 0 Å². The van der Waals surface area contributed by atoms with E-state index in [9.17, 15) is 8.42 Å². The smallest absolute Gasteiger partial charge is 0.218 e. The number of benzene rings is 1. The normalized spacial score (nSPS) is 18.8. The molecule has 1 aromatic rings. The second-order valence-corrected chi connectivity index (χ2v) is 8.05. The fourth-order valence-electron chi connectivity index (χ4n) is 2.64. The van der Waals surface area contributed by atoms with Crippen molar-refractivity contribution in [1.82, 2.24) is 4.31 Å². The molecular weight excluding hydrogens is 286 g/mol. The summed E-state index contributed by atoms with van der Waals surface area (Å²) in [5, 5.41) is -0.509. The minimum absolute atomic E-state index is 0.166. The first-order valence-corrected chi connectivity index (χ1v) is 8.88. The zero-order chi connectivity index (χ0) is 15.6. The Hall–Kier alpha value is -1.11. The third-order valence-corrected chi connectivity index (χ3v) is 6.65. The largest absolute Gasteiger partial charge is 0.369 e. The first-order valence-electron chi connectivity index (χ1n) is 7.38. The van der Waals surface area contributed by atoms with Crippen LogP contribution in [0, 0.1) is 13.8 Å². The molecule has 0 bridgehead atoms. The van der Waals surface area contributed by atoms with E-state index in [1.54, 1.807) is 11.2 Å². The predicted molar refractivity (Wildman–Crippen MR) is 87.1 cm³/mol. The van der Waals surface area contributed by atoms with E-state index in [-0.39, 0.29) is 6.54 Å². The molecule has 0 aromatic heterocycles. The quantitative estimate of drug-likeness (QED) is 0.904. The van der Waals surface area contributed by atoms with Gasteiger partial charge in [-0.15, -0.1) is 0 Å². The summed E-state index contributed by atoms with van der Waals surface area (Å²) in [5.41, 5.74) is 9.24. The highest BCUT2D eigenvalue weighted by atomic mass is 32.2. The molecule has 21 heavy (non-hydrogen) atoms. The number of sulfonamides is 1. The van der Waals surface area contributed by atoms with Gasteiger partial charge >= 0.3 is 0 Å². The van der Waals surface area contributed by atoms with Gasteiger partial charge in [0.2, 0.25) is 10.0 Å². The maximum Gasteiger partial charge on any atom is 0.218 e. The molecule has 5 nitrogen and oxygen atoms in total. The average molecular weight is 311 g/mol. The Morgan fingerprint density at radius 2 is 1.81 bits per heavy atom. The van der Waals surface area contributed by atoms with Gasteiger partial charge in [-0.25, -0.2) is 8.42 Å². The van der Waals surface area contributed by atoms with E-state index in [1.807, 2.05) is 0 Å². The van der Waals surface area contributed by atoms with Gasteiger partial charge in [-0.05, 0) is 38.0 Å². The molecule has 1 aliphatic rings. The molecule has 1 heterocycles. The lowest BCUT2D eigenvalue weighted by molar-refractivity contribution is 0.380. The molecule has 0 aliphatic carbocycles.